The molecule has 27 heavy (non-hydrogen) atoms. The van der Waals surface area contributed by atoms with Crippen LogP contribution in [0.3, 0.4) is 0 Å². The van der Waals surface area contributed by atoms with Gasteiger partial charge in [0.25, 0.3) is 11.1 Å². The van der Waals surface area contributed by atoms with E-state index in [9.17, 15) is 19.2 Å². The van der Waals surface area contributed by atoms with Crippen molar-refractivity contribution in [3.8, 4) is 5.75 Å². The average Bonchev–Trinajstić information content (AvgIpc) is 2.81. The van der Waals surface area contributed by atoms with Crippen LogP contribution in [0.2, 0.25) is 0 Å². The predicted octanol–water partition coefficient (Wildman–Crippen LogP) is 2.96. The number of aliphatic carboxylic acids is 1. The number of imide groups is 1. The topological polar surface area (TPSA) is 110 Å². The summed E-state index contributed by atoms with van der Waals surface area (Å²) in [6, 6.07) is 3.42. The Morgan fingerprint density at radius 2 is 1.89 bits per heavy atom. The number of carboxylic acids is 1. The number of rotatable bonds is 7. The number of esters is 1. The molecule has 2 amide bonds. The Balaban J connectivity index is 2.21. The molecule has 1 aliphatic rings. The fourth-order valence-electron chi connectivity index (χ4n) is 2.06. The summed E-state index contributed by atoms with van der Waals surface area (Å²) in [6.45, 7) is 0.918. The smallest absolute Gasteiger partial charge is 0.341 e. The van der Waals surface area contributed by atoms with Crippen LogP contribution in [0, 0.1) is 7.14 Å². The minimum atomic E-state index is -1.08. The van der Waals surface area contributed by atoms with Gasteiger partial charge in [-0.3, -0.25) is 19.3 Å². The summed E-state index contributed by atoms with van der Waals surface area (Å²) in [7, 11) is 0. The zero-order valence-corrected chi connectivity index (χ0v) is 19.0. The van der Waals surface area contributed by atoms with E-state index in [1.165, 1.54) is 0 Å². The largest absolute Gasteiger partial charge is 0.480 e. The van der Waals surface area contributed by atoms with Gasteiger partial charge < -0.3 is 14.6 Å². The molecule has 2 rings (SSSR count). The highest BCUT2D eigenvalue weighted by atomic mass is 127. The van der Waals surface area contributed by atoms with Crippen molar-refractivity contribution in [2.24, 2.45) is 0 Å². The highest BCUT2D eigenvalue weighted by molar-refractivity contribution is 14.1. The Morgan fingerprint density at radius 1 is 1.26 bits per heavy atom. The van der Waals surface area contributed by atoms with Crippen molar-refractivity contribution in [3.63, 3.8) is 0 Å². The van der Waals surface area contributed by atoms with Crippen molar-refractivity contribution in [2.45, 2.75) is 6.92 Å². The molecule has 1 heterocycles. The molecule has 8 nitrogen and oxygen atoms in total. The fourth-order valence-corrected chi connectivity index (χ4v) is 5.02. The van der Waals surface area contributed by atoms with Gasteiger partial charge in [-0.1, -0.05) is 0 Å². The van der Waals surface area contributed by atoms with Crippen LogP contribution in [0.15, 0.2) is 17.0 Å². The van der Waals surface area contributed by atoms with Gasteiger partial charge in [0.05, 0.1) is 18.7 Å². The summed E-state index contributed by atoms with van der Waals surface area (Å²) in [6.07, 6.45) is 1.54. The molecule has 1 aromatic carbocycles. The molecule has 0 aliphatic carbocycles. The Morgan fingerprint density at radius 3 is 2.44 bits per heavy atom. The Bertz CT molecular complexity index is 817. The van der Waals surface area contributed by atoms with Crippen molar-refractivity contribution < 1.29 is 33.8 Å². The van der Waals surface area contributed by atoms with Gasteiger partial charge in [-0.15, -0.1) is 0 Å². The van der Waals surface area contributed by atoms with Crippen LogP contribution < -0.4 is 4.74 Å². The second-order valence-electron chi connectivity index (χ2n) is 5.07. The zero-order chi connectivity index (χ0) is 20.1. The number of carbonyl (C=O) groups excluding carboxylic acids is 3. The molecule has 1 fully saturated rings. The maximum atomic E-state index is 12.4. The van der Waals surface area contributed by atoms with Crippen LogP contribution in [0.4, 0.5) is 4.79 Å². The summed E-state index contributed by atoms with van der Waals surface area (Å²) < 4.78 is 11.4. The number of amides is 2. The molecule has 0 atom stereocenters. The highest BCUT2D eigenvalue weighted by Crippen LogP contribution is 2.34. The number of nitrogens with zero attached hydrogens (tertiary/aromatic N) is 1. The standard InChI is InChI=1S/C16H13I2NO7S/c1-2-25-13(22)6-19-15(23)11(27-16(19)24)5-8-3-9(17)14(10(18)4-8)26-7-12(20)21/h3-5H,2,6-7H2,1H3,(H,20,21)/b11-5+. The number of carbonyl (C=O) groups is 4. The molecular formula is C16H13I2NO7S. The molecule has 144 valence electrons. The van der Waals surface area contributed by atoms with Crippen LogP contribution in [-0.2, 0) is 19.1 Å². The quantitative estimate of drug-likeness (QED) is 0.283. The van der Waals surface area contributed by atoms with Gasteiger partial charge >= 0.3 is 11.9 Å². The predicted molar refractivity (Wildman–Crippen MR) is 114 cm³/mol. The van der Waals surface area contributed by atoms with E-state index in [2.05, 4.69) is 0 Å². The van der Waals surface area contributed by atoms with Crippen molar-refractivity contribution >= 4 is 86.1 Å². The molecule has 1 saturated heterocycles. The number of hydrogen-bond donors (Lipinski definition) is 1. The maximum absolute atomic E-state index is 12.4. The first kappa shape index (κ1) is 21.9. The third-order valence-corrected chi connectivity index (χ3v) is 5.63. The first-order chi connectivity index (χ1) is 12.7. The van der Waals surface area contributed by atoms with Crippen molar-refractivity contribution in [3.05, 3.63) is 29.7 Å². The monoisotopic (exact) mass is 617 g/mol. The lowest BCUT2D eigenvalue weighted by molar-refractivity contribution is -0.146. The van der Waals surface area contributed by atoms with E-state index in [0.717, 1.165) is 16.7 Å². The molecule has 0 bridgehead atoms. The normalized spacial score (nSPS) is 15.4. The molecular weight excluding hydrogens is 604 g/mol. The highest BCUT2D eigenvalue weighted by Gasteiger charge is 2.36. The SMILES string of the molecule is CCOC(=O)CN1C(=O)S/C(=C/c2cc(I)c(OCC(=O)O)c(I)c2)C1=O. The Kier molecular flexibility index (Phi) is 7.91. The molecule has 0 radical (unpaired) electrons. The molecule has 0 spiro atoms. The van der Waals surface area contributed by atoms with E-state index in [4.69, 9.17) is 14.6 Å². The van der Waals surface area contributed by atoms with Crippen molar-refractivity contribution in [1.29, 1.82) is 0 Å². The van der Waals surface area contributed by atoms with Crippen LogP contribution in [0.25, 0.3) is 6.08 Å². The Hall–Kier alpha value is -1.35. The number of hydrogen-bond acceptors (Lipinski definition) is 7. The molecule has 1 N–H and O–H groups in total. The maximum Gasteiger partial charge on any atom is 0.341 e. The summed E-state index contributed by atoms with van der Waals surface area (Å²) in [4.78, 5) is 47.6. The molecule has 11 heteroatoms. The third-order valence-electron chi connectivity index (χ3n) is 3.12. The van der Waals surface area contributed by atoms with Gasteiger partial charge in [0, 0.05) is 0 Å². The van der Waals surface area contributed by atoms with Crippen molar-refractivity contribution in [1.82, 2.24) is 4.90 Å². The van der Waals surface area contributed by atoms with E-state index < -0.39 is 36.2 Å². The first-order valence-corrected chi connectivity index (χ1v) is 10.4. The molecule has 0 aromatic heterocycles. The van der Waals surface area contributed by atoms with Gasteiger partial charge in [-0.25, -0.2) is 4.79 Å². The fraction of sp³-hybridized carbons (Fsp3) is 0.250. The van der Waals surface area contributed by atoms with E-state index in [1.54, 1.807) is 25.1 Å². The summed E-state index contributed by atoms with van der Waals surface area (Å²) >= 11 is 4.75. The second-order valence-corrected chi connectivity index (χ2v) is 8.39. The minimum Gasteiger partial charge on any atom is -0.480 e. The average molecular weight is 617 g/mol. The number of benzene rings is 1. The van der Waals surface area contributed by atoms with Crippen LogP contribution >= 0.6 is 56.9 Å². The van der Waals surface area contributed by atoms with Gasteiger partial charge in [-0.2, -0.15) is 0 Å². The summed E-state index contributed by atoms with van der Waals surface area (Å²) in [5, 5.41) is 8.19. The number of carboxylic acid groups (broad SMARTS) is 1. The van der Waals surface area contributed by atoms with Gasteiger partial charge in [-0.05, 0) is 87.6 Å². The van der Waals surface area contributed by atoms with Crippen LogP contribution in [-0.4, -0.2) is 52.8 Å². The second kappa shape index (κ2) is 9.73. The zero-order valence-electron chi connectivity index (χ0n) is 13.9. The molecule has 0 unspecified atom stereocenters. The van der Waals surface area contributed by atoms with Gasteiger partial charge in [0.2, 0.25) is 0 Å². The lowest BCUT2D eigenvalue weighted by Gasteiger charge is -2.11. The van der Waals surface area contributed by atoms with E-state index in [0.29, 0.717) is 18.5 Å². The van der Waals surface area contributed by atoms with E-state index >= 15 is 0 Å². The number of thioether (sulfide) groups is 1. The van der Waals surface area contributed by atoms with Gasteiger partial charge in [0.15, 0.2) is 6.61 Å². The molecule has 1 aromatic rings. The van der Waals surface area contributed by atoms with E-state index in [1.807, 2.05) is 45.2 Å². The molecule has 0 saturated carbocycles. The number of ether oxygens (including phenoxy) is 2. The van der Waals surface area contributed by atoms with E-state index in [-0.39, 0.29) is 11.5 Å². The van der Waals surface area contributed by atoms with Crippen molar-refractivity contribution in [2.75, 3.05) is 19.8 Å². The lowest BCUT2D eigenvalue weighted by Crippen LogP contribution is -2.34. The van der Waals surface area contributed by atoms with Crippen LogP contribution in [0.5, 0.6) is 5.75 Å². The summed E-state index contributed by atoms with van der Waals surface area (Å²) in [5.41, 5.74) is 0.646. The lowest BCUT2D eigenvalue weighted by atomic mass is 10.2. The molecule has 1 aliphatic heterocycles. The number of halogens is 2. The summed E-state index contributed by atoms with van der Waals surface area (Å²) in [5.74, 6) is -1.86. The first-order valence-electron chi connectivity index (χ1n) is 7.47. The minimum absolute atomic E-state index is 0.165. The third kappa shape index (κ3) is 5.81. The van der Waals surface area contributed by atoms with Crippen LogP contribution in [0.1, 0.15) is 12.5 Å². The van der Waals surface area contributed by atoms with Gasteiger partial charge in [0.1, 0.15) is 12.3 Å². The Labute approximate surface area is 185 Å².